The van der Waals surface area contributed by atoms with Crippen LogP contribution in [0.1, 0.15) is 46.6 Å². The van der Waals surface area contributed by atoms with Crippen LogP contribution in [0.2, 0.25) is 0 Å². The Labute approximate surface area is 152 Å². The zero-order valence-electron chi connectivity index (χ0n) is 14.6. The molecule has 10 heteroatoms. The molecule has 3 aromatic heterocycles. The van der Waals surface area contributed by atoms with E-state index in [0.717, 1.165) is 25.1 Å². The highest BCUT2D eigenvalue weighted by Crippen LogP contribution is 2.29. The first-order valence-electron chi connectivity index (χ1n) is 8.55. The molecule has 1 aliphatic rings. The van der Waals surface area contributed by atoms with E-state index in [1.807, 2.05) is 6.92 Å². The zero-order chi connectivity index (χ0) is 18.3. The lowest BCUT2D eigenvalue weighted by Crippen LogP contribution is -2.20. The number of carbonyl (C=O) groups excluding carboxylic acids is 1. The van der Waals surface area contributed by atoms with Crippen molar-refractivity contribution in [2.24, 2.45) is 0 Å². The maximum Gasteiger partial charge on any atom is 0.349 e. The van der Waals surface area contributed by atoms with Gasteiger partial charge in [-0.2, -0.15) is 0 Å². The molecule has 0 saturated carbocycles. The van der Waals surface area contributed by atoms with Crippen LogP contribution in [0.15, 0.2) is 4.79 Å². The highest BCUT2D eigenvalue weighted by molar-refractivity contribution is 7.20. The lowest BCUT2D eigenvalue weighted by molar-refractivity contribution is 0.0461. The Bertz CT molecular complexity index is 1050. The van der Waals surface area contributed by atoms with E-state index in [1.165, 1.54) is 11.3 Å². The van der Waals surface area contributed by atoms with Crippen molar-refractivity contribution in [2.45, 2.75) is 52.8 Å². The fourth-order valence-electron chi connectivity index (χ4n) is 3.18. The van der Waals surface area contributed by atoms with Crippen LogP contribution in [0, 0.1) is 6.92 Å². The number of fused-ring (bicyclic) bond motifs is 2. The molecular formula is C16H18N6O3S. The molecule has 1 aliphatic heterocycles. The van der Waals surface area contributed by atoms with E-state index in [9.17, 15) is 9.59 Å². The van der Waals surface area contributed by atoms with Crippen molar-refractivity contribution < 1.29 is 9.53 Å². The average Bonchev–Trinajstić information content (AvgIpc) is 3.33. The summed E-state index contributed by atoms with van der Waals surface area (Å²) in [7, 11) is 0. The summed E-state index contributed by atoms with van der Waals surface area (Å²) in [5, 5.41) is 11.9. The molecule has 26 heavy (non-hydrogen) atoms. The lowest BCUT2D eigenvalue weighted by Gasteiger charge is -2.04. The zero-order valence-corrected chi connectivity index (χ0v) is 15.4. The summed E-state index contributed by atoms with van der Waals surface area (Å²) in [5.41, 5.74) is 0.560. The van der Waals surface area contributed by atoms with Crippen LogP contribution in [-0.4, -0.2) is 35.7 Å². The number of aryl methyl sites for hydroxylation is 3. The molecule has 0 spiro atoms. The number of esters is 1. The SMILES string of the molecule is CCCn1nnnc1COC(=O)c1sc2nc3n(c(=O)c2c1C)CCC3. The molecule has 9 nitrogen and oxygen atoms in total. The van der Waals surface area contributed by atoms with Gasteiger partial charge in [-0.25, -0.2) is 14.5 Å². The van der Waals surface area contributed by atoms with Gasteiger partial charge < -0.3 is 4.74 Å². The summed E-state index contributed by atoms with van der Waals surface area (Å²) in [6.07, 6.45) is 2.60. The summed E-state index contributed by atoms with van der Waals surface area (Å²) in [6.45, 7) is 5.12. The quantitative estimate of drug-likeness (QED) is 0.623. The molecule has 0 fully saturated rings. The number of hydrogen-bond donors (Lipinski definition) is 0. The second-order valence-corrected chi connectivity index (χ2v) is 7.22. The van der Waals surface area contributed by atoms with E-state index in [0.29, 0.717) is 39.6 Å². The van der Waals surface area contributed by atoms with Crippen LogP contribution < -0.4 is 5.56 Å². The molecule has 0 aliphatic carbocycles. The number of aromatic nitrogens is 6. The molecule has 0 N–H and O–H groups in total. The van der Waals surface area contributed by atoms with Crippen LogP contribution in [0.25, 0.3) is 10.2 Å². The largest absolute Gasteiger partial charge is 0.453 e. The molecule has 4 rings (SSSR count). The molecule has 3 aromatic rings. The van der Waals surface area contributed by atoms with E-state index < -0.39 is 5.97 Å². The molecule has 0 aromatic carbocycles. The molecular weight excluding hydrogens is 356 g/mol. The summed E-state index contributed by atoms with van der Waals surface area (Å²) in [4.78, 5) is 30.8. The summed E-state index contributed by atoms with van der Waals surface area (Å²) in [6, 6.07) is 0. The van der Waals surface area contributed by atoms with Gasteiger partial charge in [0.2, 0.25) is 0 Å². The van der Waals surface area contributed by atoms with Crippen molar-refractivity contribution in [2.75, 3.05) is 0 Å². The fraction of sp³-hybridized carbons (Fsp3) is 0.500. The molecule has 0 saturated heterocycles. The number of nitrogens with zero attached hydrogens (tertiary/aromatic N) is 6. The van der Waals surface area contributed by atoms with Gasteiger partial charge in [0.25, 0.3) is 5.56 Å². The summed E-state index contributed by atoms with van der Waals surface area (Å²) < 4.78 is 8.70. The third-order valence-electron chi connectivity index (χ3n) is 4.47. The normalized spacial score (nSPS) is 13.3. The Hall–Kier alpha value is -2.62. The van der Waals surface area contributed by atoms with Gasteiger partial charge in [0.15, 0.2) is 12.4 Å². The third-order valence-corrected chi connectivity index (χ3v) is 5.64. The Morgan fingerprint density at radius 2 is 2.23 bits per heavy atom. The molecule has 136 valence electrons. The predicted octanol–water partition coefficient (Wildman–Crippen LogP) is 1.47. The Kier molecular flexibility index (Phi) is 4.27. The van der Waals surface area contributed by atoms with E-state index in [-0.39, 0.29) is 12.2 Å². The van der Waals surface area contributed by atoms with Crippen molar-refractivity contribution in [1.29, 1.82) is 0 Å². The van der Waals surface area contributed by atoms with E-state index in [4.69, 9.17) is 4.74 Å². The van der Waals surface area contributed by atoms with Gasteiger partial charge in [-0.05, 0) is 35.8 Å². The van der Waals surface area contributed by atoms with Gasteiger partial charge in [0.05, 0.1) is 5.39 Å². The topological polar surface area (TPSA) is 105 Å². The Balaban J connectivity index is 1.61. The van der Waals surface area contributed by atoms with Crippen LogP contribution >= 0.6 is 11.3 Å². The van der Waals surface area contributed by atoms with Crippen molar-refractivity contribution in [3.8, 4) is 0 Å². The Morgan fingerprint density at radius 1 is 1.38 bits per heavy atom. The summed E-state index contributed by atoms with van der Waals surface area (Å²) in [5.74, 6) is 0.805. The standard InChI is InChI=1S/C16H18N6O3S/c1-3-6-22-11(18-19-20-22)8-25-16(24)13-9(2)12-14(26-13)17-10-5-4-7-21(10)15(12)23/h3-8H2,1-2H3. The molecule has 0 radical (unpaired) electrons. The van der Waals surface area contributed by atoms with E-state index >= 15 is 0 Å². The molecule has 0 unspecified atom stereocenters. The van der Waals surface area contributed by atoms with Crippen LogP contribution in [0.4, 0.5) is 0 Å². The second kappa shape index (κ2) is 6.60. The van der Waals surface area contributed by atoms with Gasteiger partial charge in [-0.1, -0.05) is 6.92 Å². The van der Waals surface area contributed by atoms with Crippen LogP contribution in [-0.2, 0) is 30.9 Å². The van der Waals surface area contributed by atoms with Gasteiger partial charge in [-0.15, -0.1) is 16.4 Å². The first kappa shape index (κ1) is 16.8. The number of rotatable bonds is 5. The van der Waals surface area contributed by atoms with E-state index in [1.54, 1.807) is 16.2 Å². The maximum atomic E-state index is 12.7. The molecule has 0 atom stereocenters. The monoisotopic (exact) mass is 374 g/mol. The van der Waals surface area contributed by atoms with E-state index in [2.05, 4.69) is 20.5 Å². The number of ether oxygens (including phenoxy) is 1. The number of thiophene rings is 1. The van der Waals surface area contributed by atoms with Crippen molar-refractivity contribution >= 4 is 27.5 Å². The second-order valence-electron chi connectivity index (χ2n) is 6.22. The number of hydrogen-bond acceptors (Lipinski definition) is 8. The number of carbonyl (C=O) groups is 1. The third kappa shape index (κ3) is 2.70. The van der Waals surface area contributed by atoms with Gasteiger partial charge in [0.1, 0.15) is 15.5 Å². The molecule has 0 amide bonds. The van der Waals surface area contributed by atoms with Crippen LogP contribution in [0.5, 0.6) is 0 Å². The van der Waals surface area contributed by atoms with Crippen molar-refractivity contribution in [1.82, 2.24) is 29.8 Å². The van der Waals surface area contributed by atoms with Crippen molar-refractivity contribution in [3.63, 3.8) is 0 Å². The molecule has 4 heterocycles. The summed E-state index contributed by atoms with van der Waals surface area (Å²) >= 11 is 1.21. The van der Waals surface area contributed by atoms with Crippen LogP contribution in [0.3, 0.4) is 0 Å². The highest BCUT2D eigenvalue weighted by Gasteiger charge is 2.24. The fourth-order valence-corrected chi connectivity index (χ4v) is 4.26. The minimum atomic E-state index is -0.485. The van der Waals surface area contributed by atoms with Gasteiger partial charge in [-0.3, -0.25) is 9.36 Å². The highest BCUT2D eigenvalue weighted by atomic mass is 32.1. The first-order chi connectivity index (χ1) is 12.6. The average molecular weight is 374 g/mol. The minimum absolute atomic E-state index is 0.0115. The van der Waals surface area contributed by atoms with Gasteiger partial charge in [0, 0.05) is 19.5 Å². The van der Waals surface area contributed by atoms with Gasteiger partial charge >= 0.3 is 5.97 Å². The van der Waals surface area contributed by atoms with Crippen molar-refractivity contribution in [3.05, 3.63) is 32.4 Å². The lowest BCUT2D eigenvalue weighted by atomic mass is 10.2. The maximum absolute atomic E-state index is 12.7. The number of tetrazole rings is 1. The predicted molar refractivity (Wildman–Crippen MR) is 94.2 cm³/mol. The molecule has 0 bridgehead atoms. The Morgan fingerprint density at radius 3 is 3.04 bits per heavy atom. The minimum Gasteiger partial charge on any atom is -0.453 e. The first-order valence-corrected chi connectivity index (χ1v) is 9.36. The smallest absolute Gasteiger partial charge is 0.349 e.